The van der Waals surface area contributed by atoms with Crippen molar-refractivity contribution in [3.05, 3.63) is 46.1 Å². The smallest absolute Gasteiger partial charge is 0.414 e. The number of aliphatic hydroxyl groups excluding tert-OH is 1. The van der Waals surface area contributed by atoms with E-state index in [0.29, 0.717) is 31.7 Å². The maximum absolute atomic E-state index is 10.9. The molecule has 3 aliphatic heterocycles. The molecular weight excluding hydrogens is 438 g/mol. The summed E-state index contributed by atoms with van der Waals surface area (Å²) in [5, 5.41) is 24.7. The van der Waals surface area contributed by atoms with Crippen LogP contribution in [0.25, 0.3) is 0 Å². The molecule has 34 heavy (non-hydrogen) atoms. The summed E-state index contributed by atoms with van der Waals surface area (Å²) in [7, 11) is 0. The number of benzene rings is 1. The van der Waals surface area contributed by atoms with Crippen LogP contribution in [0, 0.1) is 10.1 Å². The third-order valence-electron chi connectivity index (χ3n) is 7.22. The van der Waals surface area contributed by atoms with Crippen LogP contribution >= 0.6 is 0 Å². The van der Waals surface area contributed by atoms with Gasteiger partial charge in [-0.2, -0.15) is 0 Å². The molecule has 0 aliphatic carbocycles. The molecule has 4 heterocycles. The molecule has 2 aromatic rings. The monoisotopic (exact) mass is 471 g/mol. The highest BCUT2D eigenvalue weighted by Gasteiger charge is 2.33. The van der Waals surface area contributed by atoms with E-state index in [2.05, 4.69) is 27.3 Å². The minimum absolute atomic E-state index is 0.198. The van der Waals surface area contributed by atoms with Crippen LogP contribution in [0.5, 0.6) is 11.8 Å². The second kappa shape index (κ2) is 10.3. The fraction of sp³-hybridized carbons (Fsp3) is 0.625. The van der Waals surface area contributed by atoms with Crippen LogP contribution in [0.15, 0.2) is 30.5 Å². The molecule has 10 heteroatoms. The van der Waals surface area contributed by atoms with Gasteiger partial charge in [-0.15, -0.1) is 0 Å². The summed E-state index contributed by atoms with van der Waals surface area (Å²) >= 11 is 0. The standard InChI is InChI=1S/C24H33N5O5/c30-20-7-12-28(18-5-9-25-10-6-18)19(14-20)13-17-1-3-21(4-2-17)33-16-22-8-11-27-15-23(29(31)32)26-24(27)34-22/h1-4,15,18-20,22,25,30H,5-14,16H2/t19?,20?,22-/m1/s1. The van der Waals surface area contributed by atoms with E-state index in [9.17, 15) is 15.2 Å². The SMILES string of the molecule is O=[N+]([O-])c1cn2c(n1)O[C@@H](COc1ccc(CC3CC(O)CCN3C3CCNCC3)cc1)CC2. The molecule has 184 valence electrons. The maximum atomic E-state index is 10.9. The minimum Gasteiger partial charge on any atom is -0.490 e. The van der Waals surface area contributed by atoms with E-state index >= 15 is 0 Å². The summed E-state index contributed by atoms with van der Waals surface area (Å²) in [6, 6.07) is 9.42. The number of hydrogen-bond donors (Lipinski definition) is 2. The molecule has 0 spiro atoms. The van der Waals surface area contributed by atoms with Crippen molar-refractivity contribution in [1.29, 1.82) is 0 Å². The molecular formula is C24H33N5O5. The third-order valence-corrected chi connectivity index (χ3v) is 7.22. The molecule has 5 rings (SSSR count). The first-order valence-electron chi connectivity index (χ1n) is 12.3. The lowest BCUT2D eigenvalue weighted by molar-refractivity contribution is -0.389. The molecule has 0 saturated carbocycles. The number of piperidine rings is 2. The largest absolute Gasteiger partial charge is 0.490 e. The molecule has 2 fully saturated rings. The molecule has 2 unspecified atom stereocenters. The zero-order chi connectivity index (χ0) is 23.5. The van der Waals surface area contributed by atoms with Gasteiger partial charge in [0.25, 0.3) is 0 Å². The molecule has 1 aromatic carbocycles. The highest BCUT2D eigenvalue weighted by Crippen LogP contribution is 2.28. The zero-order valence-corrected chi connectivity index (χ0v) is 19.3. The Balaban J connectivity index is 1.15. The average Bonchev–Trinajstić information content (AvgIpc) is 3.28. The molecule has 2 N–H and O–H groups in total. The number of fused-ring (bicyclic) bond motifs is 1. The number of rotatable bonds is 7. The number of aryl methyl sites for hydroxylation is 1. The Morgan fingerprint density at radius 2 is 1.97 bits per heavy atom. The highest BCUT2D eigenvalue weighted by molar-refractivity contribution is 5.28. The van der Waals surface area contributed by atoms with Gasteiger partial charge in [-0.05, 0) is 67.8 Å². The number of aromatic nitrogens is 2. The quantitative estimate of drug-likeness (QED) is 0.466. The molecule has 0 amide bonds. The van der Waals surface area contributed by atoms with Crippen molar-refractivity contribution in [2.45, 2.75) is 69.4 Å². The molecule has 1 aromatic heterocycles. The Morgan fingerprint density at radius 1 is 1.18 bits per heavy atom. The van der Waals surface area contributed by atoms with Crippen LogP contribution in [0.4, 0.5) is 5.82 Å². The van der Waals surface area contributed by atoms with Gasteiger partial charge in [-0.25, -0.2) is 0 Å². The van der Waals surface area contributed by atoms with Crippen molar-refractivity contribution in [2.24, 2.45) is 0 Å². The maximum Gasteiger partial charge on any atom is 0.414 e. The van der Waals surface area contributed by atoms with Gasteiger partial charge < -0.3 is 30.0 Å². The summed E-state index contributed by atoms with van der Waals surface area (Å²) in [4.78, 5) is 17.0. The molecule has 2 saturated heterocycles. The molecule has 0 radical (unpaired) electrons. The van der Waals surface area contributed by atoms with E-state index in [1.807, 2.05) is 12.1 Å². The number of ether oxygens (including phenoxy) is 2. The van der Waals surface area contributed by atoms with Crippen LogP contribution in [0.2, 0.25) is 0 Å². The lowest BCUT2D eigenvalue weighted by atomic mass is 9.90. The lowest BCUT2D eigenvalue weighted by Crippen LogP contribution is -2.53. The zero-order valence-electron chi connectivity index (χ0n) is 19.3. The van der Waals surface area contributed by atoms with Crippen LogP contribution in [0.3, 0.4) is 0 Å². The summed E-state index contributed by atoms with van der Waals surface area (Å²) in [6.07, 6.45) is 6.67. The van der Waals surface area contributed by atoms with Crippen molar-refractivity contribution >= 4 is 5.82 Å². The summed E-state index contributed by atoms with van der Waals surface area (Å²) in [6.45, 7) is 4.10. The van der Waals surface area contributed by atoms with Crippen molar-refractivity contribution in [3.8, 4) is 11.8 Å². The average molecular weight is 472 g/mol. The number of nitrogens with zero attached hydrogens (tertiary/aromatic N) is 4. The van der Waals surface area contributed by atoms with Gasteiger partial charge in [-0.1, -0.05) is 12.1 Å². The van der Waals surface area contributed by atoms with Gasteiger partial charge in [-0.3, -0.25) is 9.47 Å². The molecule has 0 bridgehead atoms. The Bertz CT molecular complexity index is 975. The van der Waals surface area contributed by atoms with Gasteiger partial charge >= 0.3 is 11.8 Å². The number of hydrogen-bond acceptors (Lipinski definition) is 8. The van der Waals surface area contributed by atoms with Crippen molar-refractivity contribution in [1.82, 2.24) is 19.8 Å². The highest BCUT2D eigenvalue weighted by atomic mass is 16.6. The Hall–Kier alpha value is -2.69. The van der Waals surface area contributed by atoms with Crippen molar-refractivity contribution in [3.63, 3.8) is 0 Å². The summed E-state index contributed by atoms with van der Waals surface area (Å²) in [5.74, 6) is 0.572. The molecule has 3 atom stereocenters. The van der Waals surface area contributed by atoms with Crippen molar-refractivity contribution < 1.29 is 19.5 Å². The second-order valence-electron chi connectivity index (χ2n) is 9.57. The fourth-order valence-electron chi connectivity index (χ4n) is 5.39. The van der Waals surface area contributed by atoms with Crippen LogP contribution in [-0.2, 0) is 13.0 Å². The molecule has 10 nitrogen and oxygen atoms in total. The van der Waals surface area contributed by atoms with Gasteiger partial charge in [0.15, 0.2) is 0 Å². The van der Waals surface area contributed by atoms with Gasteiger partial charge in [0.1, 0.15) is 24.7 Å². The Kier molecular flexibility index (Phi) is 6.98. The first kappa shape index (κ1) is 23.1. The minimum atomic E-state index is -0.513. The number of nitro groups is 1. The van der Waals surface area contributed by atoms with Gasteiger partial charge in [0.2, 0.25) is 0 Å². The van der Waals surface area contributed by atoms with E-state index in [1.54, 1.807) is 4.57 Å². The van der Waals surface area contributed by atoms with Gasteiger partial charge in [0, 0.05) is 36.6 Å². The van der Waals surface area contributed by atoms with Crippen LogP contribution in [-0.4, -0.2) is 75.0 Å². The van der Waals surface area contributed by atoms with E-state index in [1.165, 1.54) is 24.6 Å². The second-order valence-corrected chi connectivity index (χ2v) is 9.57. The lowest BCUT2D eigenvalue weighted by Gasteiger charge is -2.44. The number of likely N-dealkylation sites (tertiary alicyclic amines) is 1. The first-order chi connectivity index (χ1) is 16.5. The number of imidazole rings is 1. The summed E-state index contributed by atoms with van der Waals surface area (Å²) < 4.78 is 13.4. The van der Waals surface area contributed by atoms with Gasteiger partial charge in [0.05, 0.1) is 6.10 Å². The Labute approximate surface area is 199 Å². The topological polar surface area (TPSA) is 115 Å². The first-order valence-corrected chi connectivity index (χ1v) is 12.3. The van der Waals surface area contributed by atoms with Crippen LogP contribution < -0.4 is 14.8 Å². The van der Waals surface area contributed by atoms with E-state index in [4.69, 9.17) is 9.47 Å². The third kappa shape index (κ3) is 5.34. The van der Waals surface area contributed by atoms with E-state index < -0.39 is 4.92 Å². The van der Waals surface area contributed by atoms with Crippen LogP contribution in [0.1, 0.15) is 37.7 Å². The fourth-order valence-corrected chi connectivity index (χ4v) is 5.39. The Morgan fingerprint density at radius 3 is 2.74 bits per heavy atom. The normalized spacial score (nSPS) is 26.0. The summed E-state index contributed by atoms with van der Waals surface area (Å²) in [5.41, 5.74) is 1.24. The van der Waals surface area contributed by atoms with E-state index in [0.717, 1.165) is 44.6 Å². The predicted octanol–water partition coefficient (Wildman–Crippen LogP) is 2.14. The number of nitrogens with one attached hydrogen (secondary N) is 1. The molecule has 3 aliphatic rings. The number of aliphatic hydroxyl groups is 1. The van der Waals surface area contributed by atoms with E-state index in [-0.39, 0.29) is 24.0 Å². The predicted molar refractivity (Wildman–Crippen MR) is 125 cm³/mol. The van der Waals surface area contributed by atoms with Crippen molar-refractivity contribution in [2.75, 3.05) is 26.2 Å².